The standard InChI is InChI=1S/C21H40N4O4/c1-5-22-19(23-11-7-13-28-18-9-14-27-15-10-18)24-17-8-6-12-25(16-17)20(26)29-21(2,3)4/h17-18H,5-16H2,1-4H3,(H2,22,23,24). The number of aliphatic imine (C=N–C) groups is 1. The number of carbonyl (C=O) groups excluding carboxylic acids is 1. The highest BCUT2D eigenvalue weighted by Gasteiger charge is 2.28. The monoisotopic (exact) mass is 412 g/mol. The molecule has 168 valence electrons. The van der Waals surface area contributed by atoms with Gasteiger partial charge in [0.15, 0.2) is 5.96 Å². The molecule has 0 aromatic rings. The van der Waals surface area contributed by atoms with Crippen LogP contribution in [0.2, 0.25) is 0 Å². The fourth-order valence-electron chi connectivity index (χ4n) is 3.45. The average molecular weight is 413 g/mol. The minimum atomic E-state index is -0.472. The second-order valence-corrected chi connectivity index (χ2v) is 8.71. The fourth-order valence-corrected chi connectivity index (χ4v) is 3.45. The summed E-state index contributed by atoms with van der Waals surface area (Å²) >= 11 is 0. The number of nitrogens with zero attached hydrogens (tertiary/aromatic N) is 2. The summed E-state index contributed by atoms with van der Waals surface area (Å²) < 4.78 is 16.8. The minimum Gasteiger partial charge on any atom is -0.444 e. The van der Waals surface area contributed by atoms with Gasteiger partial charge in [-0.25, -0.2) is 4.79 Å². The molecule has 2 aliphatic rings. The molecule has 1 atom stereocenters. The Morgan fingerprint density at radius 3 is 2.69 bits per heavy atom. The van der Waals surface area contributed by atoms with Gasteiger partial charge in [-0.15, -0.1) is 0 Å². The molecule has 2 heterocycles. The maximum atomic E-state index is 12.4. The van der Waals surface area contributed by atoms with E-state index in [1.165, 1.54) is 0 Å². The van der Waals surface area contributed by atoms with Crippen LogP contribution in [0.4, 0.5) is 4.79 Å². The largest absolute Gasteiger partial charge is 0.444 e. The Kier molecular flexibility index (Phi) is 10.0. The normalized spacial score (nSPS) is 21.7. The molecule has 8 nitrogen and oxygen atoms in total. The zero-order chi connectivity index (χ0) is 21.1. The summed E-state index contributed by atoms with van der Waals surface area (Å²) in [6.45, 7) is 13.0. The second kappa shape index (κ2) is 12.2. The first-order valence-electron chi connectivity index (χ1n) is 11.1. The number of nitrogens with one attached hydrogen (secondary N) is 2. The molecule has 1 amide bonds. The molecule has 0 aromatic carbocycles. The number of ether oxygens (including phenoxy) is 3. The van der Waals surface area contributed by atoms with Crippen molar-refractivity contribution in [1.29, 1.82) is 0 Å². The number of hydrogen-bond donors (Lipinski definition) is 2. The van der Waals surface area contributed by atoms with Crippen molar-refractivity contribution in [2.24, 2.45) is 4.99 Å². The van der Waals surface area contributed by atoms with E-state index in [-0.39, 0.29) is 12.1 Å². The highest BCUT2D eigenvalue weighted by molar-refractivity contribution is 5.80. The Labute approximate surface area is 175 Å². The Morgan fingerprint density at radius 2 is 2.00 bits per heavy atom. The third kappa shape index (κ3) is 9.67. The van der Waals surface area contributed by atoms with E-state index >= 15 is 0 Å². The van der Waals surface area contributed by atoms with Gasteiger partial charge in [0.05, 0.1) is 6.10 Å². The van der Waals surface area contributed by atoms with Crippen molar-refractivity contribution < 1.29 is 19.0 Å². The van der Waals surface area contributed by atoms with Crippen molar-refractivity contribution >= 4 is 12.1 Å². The summed E-state index contributed by atoms with van der Waals surface area (Å²) in [6, 6.07) is 0.174. The van der Waals surface area contributed by atoms with Gasteiger partial charge in [0.25, 0.3) is 0 Å². The molecule has 0 aliphatic carbocycles. The van der Waals surface area contributed by atoms with Crippen LogP contribution in [0.25, 0.3) is 0 Å². The van der Waals surface area contributed by atoms with Crippen LogP contribution >= 0.6 is 0 Å². The van der Waals surface area contributed by atoms with E-state index in [2.05, 4.69) is 22.5 Å². The first kappa shape index (κ1) is 23.7. The van der Waals surface area contributed by atoms with Gasteiger partial charge in [-0.3, -0.25) is 4.99 Å². The van der Waals surface area contributed by atoms with E-state index in [4.69, 9.17) is 14.2 Å². The van der Waals surface area contributed by atoms with Gasteiger partial charge in [0.1, 0.15) is 5.60 Å². The van der Waals surface area contributed by atoms with Gasteiger partial charge in [0, 0.05) is 52.0 Å². The third-order valence-corrected chi connectivity index (χ3v) is 4.85. The van der Waals surface area contributed by atoms with Crippen LogP contribution < -0.4 is 10.6 Å². The molecule has 0 aromatic heterocycles. The van der Waals surface area contributed by atoms with Crippen LogP contribution in [0.3, 0.4) is 0 Å². The molecule has 2 N–H and O–H groups in total. The SMILES string of the molecule is CCNC(=NCCCOC1CCOCC1)NC1CCCN(C(=O)OC(C)(C)C)C1. The number of piperidine rings is 1. The lowest BCUT2D eigenvalue weighted by Gasteiger charge is -2.35. The van der Waals surface area contributed by atoms with Crippen molar-refractivity contribution in [3.05, 3.63) is 0 Å². The molecular weight excluding hydrogens is 372 g/mol. The lowest BCUT2D eigenvalue weighted by Crippen LogP contribution is -2.53. The van der Waals surface area contributed by atoms with E-state index in [0.717, 1.165) is 71.0 Å². The molecule has 2 aliphatic heterocycles. The highest BCUT2D eigenvalue weighted by atomic mass is 16.6. The van der Waals surface area contributed by atoms with Crippen LogP contribution in [0, 0.1) is 0 Å². The fraction of sp³-hybridized carbons (Fsp3) is 0.905. The minimum absolute atomic E-state index is 0.174. The lowest BCUT2D eigenvalue weighted by molar-refractivity contribution is -0.0318. The van der Waals surface area contributed by atoms with Crippen molar-refractivity contribution in [2.75, 3.05) is 46.0 Å². The topological polar surface area (TPSA) is 84.4 Å². The van der Waals surface area contributed by atoms with Gasteiger partial charge in [-0.1, -0.05) is 0 Å². The summed E-state index contributed by atoms with van der Waals surface area (Å²) in [5, 5.41) is 6.78. The van der Waals surface area contributed by atoms with Crippen molar-refractivity contribution in [1.82, 2.24) is 15.5 Å². The second-order valence-electron chi connectivity index (χ2n) is 8.71. The Balaban J connectivity index is 1.74. The van der Waals surface area contributed by atoms with Crippen LogP contribution in [0.1, 0.15) is 59.8 Å². The molecule has 2 rings (SSSR count). The van der Waals surface area contributed by atoms with Crippen molar-refractivity contribution in [2.45, 2.75) is 77.5 Å². The number of amides is 1. The van der Waals surface area contributed by atoms with Crippen LogP contribution in [-0.4, -0.2) is 80.7 Å². The zero-order valence-electron chi connectivity index (χ0n) is 18.7. The van der Waals surface area contributed by atoms with Crippen LogP contribution in [0.5, 0.6) is 0 Å². The van der Waals surface area contributed by atoms with Crippen LogP contribution in [0.15, 0.2) is 4.99 Å². The number of carbonyl (C=O) groups is 1. The number of likely N-dealkylation sites (tertiary alicyclic amines) is 1. The summed E-state index contributed by atoms with van der Waals surface area (Å²) in [6.07, 6.45) is 4.93. The van der Waals surface area contributed by atoms with E-state index < -0.39 is 5.60 Å². The Bertz CT molecular complexity index is 515. The third-order valence-electron chi connectivity index (χ3n) is 4.85. The maximum absolute atomic E-state index is 12.4. The predicted molar refractivity (Wildman–Crippen MR) is 114 cm³/mol. The highest BCUT2D eigenvalue weighted by Crippen LogP contribution is 2.15. The number of rotatable bonds is 7. The van der Waals surface area contributed by atoms with E-state index in [1.54, 1.807) is 4.90 Å². The molecule has 0 bridgehead atoms. The van der Waals surface area contributed by atoms with E-state index in [1.807, 2.05) is 20.8 Å². The average Bonchev–Trinajstić information content (AvgIpc) is 2.67. The molecule has 0 saturated carbocycles. The zero-order valence-corrected chi connectivity index (χ0v) is 18.7. The summed E-state index contributed by atoms with van der Waals surface area (Å²) in [7, 11) is 0. The van der Waals surface area contributed by atoms with Gasteiger partial charge < -0.3 is 29.7 Å². The van der Waals surface area contributed by atoms with Crippen molar-refractivity contribution in [3.8, 4) is 0 Å². The van der Waals surface area contributed by atoms with Crippen LogP contribution in [-0.2, 0) is 14.2 Å². The molecule has 0 radical (unpaired) electrons. The quantitative estimate of drug-likeness (QED) is 0.380. The number of hydrogen-bond acceptors (Lipinski definition) is 5. The molecule has 2 saturated heterocycles. The van der Waals surface area contributed by atoms with E-state index in [9.17, 15) is 4.79 Å². The number of guanidine groups is 1. The summed E-state index contributed by atoms with van der Waals surface area (Å²) in [5.41, 5.74) is -0.472. The van der Waals surface area contributed by atoms with Gasteiger partial charge in [0.2, 0.25) is 0 Å². The lowest BCUT2D eigenvalue weighted by atomic mass is 10.1. The van der Waals surface area contributed by atoms with Gasteiger partial charge in [-0.2, -0.15) is 0 Å². The molecule has 2 fully saturated rings. The molecular formula is C21H40N4O4. The Hall–Kier alpha value is -1.54. The Morgan fingerprint density at radius 1 is 1.24 bits per heavy atom. The molecule has 29 heavy (non-hydrogen) atoms. The predicted octanol–water partition coefficient (Wildman–Crippen LogP) is 2.53. The molecule has 0 spiro atoms. The summed E-state index contributed by atoms with van der Waals surface area (Å²) in [4.78, 5) is 18.8. The van der Waals surface area contributed by atoms with Gasteiger partial charge >= 0.3 is 6.09 Å². The summed E-state index contributed by atoms with van der Waals surface area (Å²) in [5.74, 6) is 0.801. The smallest absolute Gasteiger partial charge is 0.410 e. The van der Waals surface area contributed by atoms with Gasteiger partial charge in [-0.05, 0) is 59.8 Å². The molecule has 8 heteroatoms. The maximum Gasteiger partial charge on any atom is 0.410 e. The molecule has 1 unspecified atom stereocenters. The van der Waals surface area contributed by atoms with E-state index in [0.29, 0.717) is 19.2 Å². The first-order valence-corrected chi connectivity index (χ1v) is 11.1. The first-order chi connectivity index (χ1) is 13.9. The van der Waals surface area contributed by atoms with Crippen molar-refractivity contribution in [3.63, 3.8) is 0 Å².